The summed E-state index contributed by atoms with van der Waals surface area (Å²) in [5, 5.41) is 3.08. The van der Waals surface area contributed by atoms with E-state index in [9.17, 15) is 4.79 Å². The first-order valence-corrected chi connectivity index (χ1v) is 10.5. The lowest BCUT2D eigenvalue weighted by atomic mass is 9.93. The summed E-state index contributed by atoms with van der Waals surface area (Å²) in [6.45, 7) is 18.1. The van der Waals surface area contributed by atoms with Crippen molar-refractivity contribution in [3.05, 3.63) is 25.1 Å². The van der Waals surface area contributed by atoms with Gasteiger partial charge in [0.1, 0.15) is 0 Å². The van der Waals surface area contributed by atoms with Gasteiger partial charge >= 0.3 is 0 Å². The molecule has 0 bridgehead atoms. The number of amides is 1. The molecule has 0 radical (unpaired) electrons. The third kappa shape index (κ3) is 6.49. The van der Waals surface area contributed by atoms with Gasteiger partial charge in [-0.1, -0.05) is 32.9 Å². The minimum absolute atomic E-state index is 0.0488. The zero-order valence-electron chi connectivity index (χ0n) is 19.9. The van der Waals surface area contributed by atoms with E-state index in [2.05, 4.69) is 49.1 Å². The maximum Gasteiger partial charge on any atom is 0.298 e. The van der Waals surface area contributed by atoms with Crippen LogP contribution in [-0.4, -0.2) is 85.3 Å². The molecule has 1 atom stereocenters. The smallest absolute Gasteiger partial charge is 0.298 e. The molecule has 1 amide bonds. The molecule has 1 fully saturated rings. The van der Waals surface area contributed by atoms with Crippen LogP contribution >= 0.6 is 0 Å². The monoisotopic (exact) mass is 419 g/mol. The maximum atomic E-state index is 12.7. The molecule has 170 valence electrons. The van der Waals surface area contributed by atoms with E-state index in [4.69, 9.17) is 10.5 Å². The van der Waals surface area contributed by atoms with Gasteiger partial charge in [-0.2, -0.15) is 0 Å². The topological polar surface area (TPSA) is 74.1 Å². The molecule has 0 aromatic heterocycles. The molecule has 0 saturated carbocycles. The van der Waals surface area contributed by atoms with Crippen molar-refractivity contribution in [2.45, 2.75) is 51.4 Å². The van der Waals surface area contributed by atoms with Crippen LogP contribution in [0, 0.1) is 17.8 Å². The van der Waals surface area contributed by atoms with Crippen molar-refractivity contribution in [1.82, 2.24) is 20.0 Å². The second-order valence-corrected chi connectivity index (χ2v) is 9.05. The summed E-state index contributed by atoms with van der Waals surface area (Å²) >= 11 is 0. The second kappa shape index (κ2) is 10.9. The maximum absolute atomic E-state index is 12.7. The van der Waals surface area contributed by atoms with Gasteiger partial charge in [0, 0.05) is 12.2 Å². The van der Waals surface area contributed by atoms with Crippen molar-refractivity contribution in [2.24, 2.45) is 11.7 Å². The zero-order chi connectivity index (χ0) is 23.1. The van der Waals surface area contributed by atoms with Crippen LogP contribution in [0.15, 0.2) is 25.1 Å². The average molecular weight is 420 g/mol. The minimum Gasteiger partial charge on any atom is -0.401 e. The standard InChI is InChI=1S/C23H41N5O2/c1-10-25-14-11-15-30-23(27(9)21(18(2)3)19(4)24)16-28(17-23)20(29)12-13-22(5,6)26(7)8/h10,18,21,25H,1,4,11,14-17,24H2,2-3,5-9H3. The Bertz CT molecular complexity index is 669. The third-order valence-electron chi connectivity index (χ3n) is 5.81. The second-order valence-electron chi connectivity index (χ2n) is 9.05. The SMILES string of the molecule is C=CNCCCOC1(N(C)C(C(=C)N)C(C)C)CN(C(=O)C#CC(C)(C)N(C)C)C1. The predicted octanol–water partition coefficient (Wildman–Crippen LogP) is 1.44. The lowest BCUT2D eigenvalue weighted by molar-refractivity contribution is -0.232. The highest BCUT2D eigenvalue weighted by molar-refractivity contribution is 5.94. The summed E-state index contributed by atoms with van der Waals surface area (Å²) in [5.74, 6) is 5.95. The molecule has 3 N–H and O–H groups in total. The summed E-state index contributed by atoms with van der Waals surface area (Å²) in [7, 11) is 5.89. The first-order valence-electron chi connectivity index (χ1n) is 10.5. The Balaban J connectivity index is 2.93. The molecule has 0 aromatic carbocycles. The van der Waals surface area contributed by atoms with Crippen LogP contribution in [0.3, 0.4) is 0 Å². The van der Waals surface area contributed by atoms with Crippen molar-refractivity contribution in [3.63, 3.8) is 0 Å². The molecule has 1 unspecified atom stereocenters. The van der Waals surface area contributed by atoms with Gasteiger partial charge in [-0.25, -0.2) is 0 Å². The first kappa shape index (κ1) is 26.0. The quantitative estimate of drug-likeness (QED) is 0.300. The molecular formula is C23H41N5O2. The molecule has 1 aliphatic rings. The van der Waals surface area contributed by atoms with E-state index < -0.39 is 5.72 Å². The van der Waals surface area contributed by atoms with E-state index in [1.807, 2.05) is 39.9 Å². The number of rotatable bonds is 11. The number of hydrogen-bond acceptors (Lipinski definition) is 6. The van der Waals surface area contributed by atoms with Gasteiger partial charge in [-0.05, 0) is 59.4 Å². The Morgan fingerprint density at radius 1 is 1.37 bits per heavy atom. The number of nitrogens with zero attached hydrogens (tertiary/aromatic N) is 3. The molecule has 0 aliphatic carbocycles. The molecule has 0 aromatic rings. The van der Waals surface area contributed by atoms with Crippen LogP contribution in [0.2, 0.25) is 0 Å². The largest absolute Gasteiger partial charge is 0.401 e. The lowest BCUT2D eigenvalue weighted by Crippen LogP contribution is -2.74. The number of nitrogens with one attached hydrogen (secondary N) is 1. The summed E-state index contributed by atoms with van der Waals surface area (Å²) < 4.78 is 6.32. The Labute approximate surface area is 183 Å². The van der Waals surface area contributed by atoms with Gasteiger partial charge in [-0.15, -0.1) is 0 Å². The highest BCUT2D eigenvalue weighted by atomic mass is 16.5. The Morgan fingerprint density at radius 2 is 1.97 bits per heavy atom. The average Bonchev–Trinajstić information content (AvgIpc) is 2.60. The number of hydrogen-bond donors (Lipinski definition) is 2. The van der Waals surface area contributed by atoms with E-state index in [0.717, 1.165) is 13.0 Å². The zero-order valence-corrected chi connectivity index (χ0v) is 19.9. The number of nitrogens with two attached hydrogens (primary N) is 1. The lowest BCUT2D eigenvalue weighted by Gasteiger charge is -2.56. The van der Waals surface area contributed by atoms with Gasteiger partial charge < -0.3 is 20.7 Å². The highest BCUT2D eigenvalue weighted by Gasteiger charge is 2.51. The molecule has 1 heterocycles. The number of likely N-dealkylation sites (N-methyl/N-ethyl adjacent to an activating group) is 1. The molecule has 1 saturated heterocycles. The molecule has 30 heavy (non-hydrogen) atoms. The van der Waals surface area contributed by atoms with Gasteiger partial charge in [-0.3, -0.25) is 14.6 Å². The Morgan fingerprint density at radius 3 is 2.43 bits per heavy atom. The first-order chi connectivity index (χ1) is 13.9. The van der Waals surface area contributed by atoms with Gasteiger partial charge in [0.25, 0.3) is 5.91 Å². The van der Waals surface area contributed by atoms with E-state index in [-0.39, 0.29) is 23.4 Å². The van der Waals surface area contributed by atoms with Crippen LogP contribution < -0.4 is 11.1 Å². The van der Waals surface area contributed by atoms with Crippen LogP contribution in [-0.2, 0) is 9.53 Å². The summed E-state index contributed by atoms with van der Waals surface area (Å²) in [4.78, 5) is 18.5. The highest BCUT2D eigenvalue weighted by Crippen LogP contribution is 2.33. The molecule has 7 nitrogen and oxygen atoms in total. The molecule has 0 spiro atoms. The number of carbonyl (C=O) groups is 1. The van der Waals surface area contributed by atoms with Crippen LogP contribution in [0.25, 0.3) is 0 Å². The third-order valence-corrected chi connectivity index (χ3v) is 5.81. The van der Waals surface area contributed by atoms with Gasteiger partial charge in [0.2, 0.25) is 0 Å². The molecule has 1 aliphatic heterocycles. The van der Waals surface area contributed by atoms with Crippen molar-refractivity contribution in [1.29, 1.82) is 0 Å². The summed E-state index contributed by atoms with van der Waals surface area (Å²) in [6.07, 6.45) is 2.51. The van der Waals surface area contributed by atoms with E-state index in [1.54, 1.807) is 11.1 Å². The molecule has 1 rings (SSSR count). The predicted molar refractivity (Wildman–Crippen MR) is 123 cm³/mol. The fourth-order valence-electron chi connectivity index (χ4n) is 3.42. The van der Waals surface area contributed by atoms with E-state index in [0.29, 0.717) is 25.4 Å². The normalized spacial score (nSPS) is 16.7. The number of likely N-dealkylation sites (tertiary alicyclic amines) is 1. The number of ether oxygens (including phenoxy) is 1. The van der Waals surface area contributed by atoms with Crippen LogP contribution in [0.1, 0.15) is 34.1 Å². The fraction of sp³-hybridized carbons (Fsp3) is 0.696. The van der Waals surface area contributed by atoms with Crippen molar-refractivity contribution >= 4 is 5.91 Å². The van der Waals surface area contributed by atoms with Crippen LogP contribution in [0.5, 0.6) is 0 Å². The Kier molecular flexibility index (Phi) is 9.41. The van der Waals surface area contributed by atoms with Gasteiger partial charge in [0.05, 0.1) is 31.3 Å². The van der Waals surface area contributed by atoms with Crippen molar-refractivity contribution in [3.8, 4) is 11.8 Å². The number of carbonyl (C=O) groups excluding carboxylic acids is 1. The summed E-state index contributed by atoms with van der Waals surface area (Å²) in [6, 6.07) is -0.0488. The Hall–Kier alpha value is -2.01. The molecule has 7 heteroatoms. The minimum atomic E-state index is -0.597. The molecular weight excluding hydrogens is 378 g/mol. The fourth-order valence-corrected chi connectivity index (χ4v) is 3.42. The van der Waals surface area contributed by atoms with Crippen molar-refractivity contribution in [2.75, 3.05) is 47.4 Å². The van der Waals surface area contributed by atoms with E-state index >= 15 is 0 Å². The van der Waals surface area contributed by atoms with Crippen molar-refractivity contribution < 1.29 is 9.53 Å². The van der Waals surface area contributed by atoms with Crippen LogP contribution in [0.4, 0.5) is 0 Å². The van der Waals surface area contributed by atoms with Gasteiger partial charge in [0.15, 0.2) is 5.72 Å². The van der Waals surface area contributed by atoms with E-state index in [1.165, 1.54) is 0 Å². The summed E-state index contributed by atoms with van der Waals surface area (Å²) in [5.41, 5.74) is 5.74.